The topological polar surface area (TPSA) is 31.5 Å². The number of hydrogen-bond donors (Lipinski definition) is 0. The first kappa shape index (κ1) is 5.76. The van der Waals surface area contributed by atoms with Crippen molar-refractivity contribution in [1.82, 2.24) is 5.41 Å². The maximum absolute atomic E-state index is 8.23. The van der Waals surface area contributed by atoms with Gasteiger partial charge in [0.25, 0.3) is 0 Å². The average Bonchev–Trinajstić information content (AvgIpc) is 1.65. The predicted octanol–water partition coefficient (Wildman–Crippen LogP) is 0.765. The van der Waals surface area contributed by atoms with E-state index in [2.05, 4.69) is 16.2 Å². The molecule has 0 fully saturated rings. The molecule has 0 aliphatic heterocycles. The Balaban J connectivity index is 2.99. The summed E-state index contributed by atoms with van der Waals surface area (Å²) in [4.78, 5) is 0. The highest BCUT2D eigenvalue weighted by molar-refractivity contribution is 6.13. The fourth-order valence-electron chi connectivity index (χ4n) is 0.0546. The molecule has 0 aliphatic carbocycles. The molecule has 35 valence electrons. The zero-order chi connectivity index (χ0) is 4.99. The molecule has 0 N–H and O–H groups in total. The van der Waals surface area contributed by atoms with E-state index in [-0.39, 0.29) is 5.90 Å². The summed E-state index contributed by atoms with van der Waals surface area (Å²) in [6.45, 7) is 1.73. The van der Waals surface area contributed by atoms with Gasteiger partial charge < -0.3 is 4.29 Å². The lowest BCUT2D eigenvalue weighted by Gasteiger charge is -1.85. The van der Waals surface area contributed by atoms with Crippen LogP contribution in [-0.4, -0.2) is 5.90 Å². The Morgan fingerprint density at radius 2 is 2.50 bits per heavy atom. The fourth-order valence-corrected chi connectivity index (χ4v) is 0.164. The van der Waals surface area contributed by atoms with Gasteiger partial charge in [0.05, 0.1) is 0 Å². The average molecular weight is 107 g/mol. The molecule has 0 heterocycles. The van der Waals surface area contributed by atoms with Gasteiger partial charge in [-0.3, -0.25) is 0 Å². The molecule has 0 aromatic carbocycles. The van der Waals surface area contributed by atoms with E-state index in [1.807, 2.05) is 0 Å². The standard InChI is InChI=1S/C3H5ClNO/c1-2-3(5)6-4/h2H2,1H3. The van der Waals surface area contributed by atoms with Gasteiger partial charge in [-0.2, -0.15) is 0 Å². The number of hydrogen-bond acceptors (Lipinski definition) is 1. The zero-order valence-corrected chi connectivity index (χ0v) is 4.20. The van der Waals surface area contributed by atoms with Gasteiger partial charge in [0.1, 0.15) is 11.9 Å². The highest BCUT2D eigenvalue weighted by Crippen LogP contribution is 1.83. The largest absolute Gasteiger partial charge is 0.368 e. The fraction of sp³-hybridized carbons (Fsp3) is 0.667. The second-order valence-corrected chi connectivity index (χ2v) is 0.979. The summed E-state index contributed by atoms with van der Waals surface area (Å²) in [5.41, 5.74) is 0. The Kier molecular flexibility index (Phi) is 2.85. The van der Waals surface area contributed by atoms with Crippen molar-refractivity contribution < 1.29 is 4.29 Å². The van der Waals surface area contributed by atoms with Crippen LogP contribution in [0.5, 0.6) is 0 Å². The summed E-state index contributed by atoms with van der Waals surface area (Å²) < 4.78 is 3.84. The molecule has 0 bridgehead atoms. The molecule has 0 aromatic rings. The second kappa shape index (κ2) is 2.97. The SMILES string of the molecule is CCC(=[N])OCl. The van der Waals surface area contributed by atoms with Crippen LogP contribution in [0.15, 0.2) is 0 Å². The second-order valence-electron chi connectivity index (χ2n) is 0.824. The van der Waals surface area contributed by atoms with Crippen molar-refractivity contribution >= 4 is 17.8 Å². The van der Waals surface area contributed by atoms with Gasteiger partial charge in [0, 0.05) is 6.42 Å². The lowest BCUT2D eigenvalue weighted by molar-refractivity contribution is 0.598. The van der Waals surface area contributed by atoms with E-state index in [1.165, 1.54) is 0 Å². The zero-order valence-electron chi connectivity index (χ0n) is 3.44. The van der Waals surface area contributed by atoms with Crippen LogP contribution in [0.2, 0.25) is 0 Å². The minimum Gasteiger partial charge on any atom is -0.368 e. The van der Waals surface area contributed by atoms with E-state index in [0.717, 1.165) is 0 Å². The summed E-state index contributed by atoms with van der Waals surface area (Å²) in [6, 6.07) is 0. The Morgan fingerprint density at radius 1 is 2.00 bits per heavy atom. The van der Waals surface area contributed by atoms with Crippen LogP contribution in [0.4, 0.5) is 0 Å². The molecule has 0 rings (SSSR count). The van der Waals surface area contributed by atoms with Crippen molar-refractivity contribution in [2.45, 2.75) is 13.3 Å². The summed E-state index contributed by atoms with van der Waals surface area (Å²) in [5.74, 6) is -0.142. The van der Waals surface area contributed by atoms with Crippen molar-refractivity contribution in [1.29, 1.82) is 0 Å². The van der Waals surface area contributed by atoms with Crippen molar-refractivity contribution in [2.75, 3.05) is 0 Å². The number of rotatable bonds is 1. The third-order valence-corrected chi connectivity index (χ3v) is 0.570. The molecule has 6 heavy (non-hydrogen) atoms. The smallest absolute Gasteiger partial charge is 0.232 e. The van der Waals surface area contributed by atoms with Crippen LogP contribution in [0, 0.1) is 0 Å². The summed E-state index contributed by atoms with van der Waals surface area (Å²) >= 11 is 4.67. The molecular weight excluding hydrogens is 101 g/mol. The highest BCUT2D eigenvalue weighted by Gasteiger charge is 1.86. The van der Waals surface area contributed by atoms with Crippen LogP contribution in [-0.2, 0) is 4.29 Å². The van der Waals surface area contributed by atoms with Gasteiger partial charge >= 0.3 is 0 Å². The predicted molar refractivity (Wildman–Crippen MR) is 24.4 cm³/mol. The van der Waals surface area contributed by atoms with Gasteiger partial charge in [-0.1, -0.05) is 6.92 Å². The van der Waals surface area contributed by atoms with E-state index in [4.69, 9.17) is 5.41 Å². The molecule has 0 saturated carbocycles. The third-order valence-electron chi connectivity index (χ3n) is 0.392. The van der Waals surface area contributed by atoms with E-state index >= 15 is 0 Å². The molecule has 0 unspecified atom stereocenters. The van der Waals surface area contributed by atoms with Crippen LogP contribution in [0.25, 0.3) is 0 Å². The number of halogens is 1. The van der Waals surface area contributed by atoms with Crippen molar-refractivity contribution in [3.8, 4) is 0 Å². The van der Waals surface area contributed by atoms with Crippen LogP contribution >= 0.6 is 11.9 Å². The Labute approximate surface area is 41.7 Å². The van der Waals surface area contributed by atoms with Crippen LogP contribution in [0.1, 0.15) is 13.3 Å². The Hall–Kier alpha value is -0.240. The van der Waals surface area contributed by atoms with Crippen LogP contribution in [0.3, 0.4) is 0 Å². The first-order valence-corrected chi connectivity index (χ1v) is 1.95. The molecule has 0 saturated heterocycles. The quantitative estimate of drug-likeness (QED) is 0.359. The molecule has 0 amide bonds. The first-order valence-electron chi connectivity index (χ1n) is 1.64. The van der Waals surface area contributed by atoms with Gasteiger partial charge in [0.2, 0.25) is 5.90 Å². The Morgan fingerprint density at radius 3 is 2.50 bits per heavy atom. The molecule has 2 nitrogen and oxygen atoms in total. The Bertz CT molecular complexity index is 48.8. The monoisotopic (exact) mass is 106 g/mol. The molecule has 0 atom stereocenters. The third kappa shape index (κ3) is 2.03. The maximum atomic E-state index is 8.23. The lowest BCUT2D eigenvalue weighted by Crippen LogP contribution is -1.93. The van der Waals surface area contributed by atoms with Gasteiger partial charge in [-0.25, -0.2) is 0 Å². The van der Waals surface area contributed by atoms with E-state index in [1.54, 1.807) is 6.92 Å². The maximum Gasteiger partial charge on any atom is 0.232 e. The summed E-state index contributed by atoms with van der Waals surface area (Å²) in [7, 11) is 0. The van der Waals surface area contributed by atoms with Gasteiger partial charge in [-0.15, -0.1) is 5.41 Å². The molecule has 3 heteroatoms. The van der Waals surface area contributed by atoms with E-state index in [0.29, 0.717) is 6.42 Å². The number of nitrogens with zero attached hydrogens (tertiary/aromatic N) is 1. The molecule has 0 aliphatic rings. The van der Waals surface area contributed by atoms with Crippen molar-refractivity contribution in [2.24, 2.45) is 0 Å². The first-order chi connectivity index (χ1) is 2.81. The van der Waals surface area contributed by atoms with E-state index in [9.17, 15) is 0 Å². The van der Waals surface area contributed by atoms with Crippen molar-refractivity contribution in [3.63, 3.8) is 0 Å². The highest BCUT2D eigenvalue weighted by atomic mass is 35.5. The minimum atomic E-state index is -0.142. The van der Waals surface area contributed by atoms with E-state index < -0.39 is 0 Å². The normalized spacial score (nSPS) is 7.67. The van der Waals surface area contributed by atoms with Crippen molar-refractivity contribution in [3.05, 3.63) is 0 Å². The molecule has 0 aromatic heterocycles. The lowest BCUT2D eigenvalue weighted by atomic mass is 10.5. The van der Waals surface area contributed by atoms with Crippen LogP contribution < -0.4 is 5.41 Å². The summed E-state index contributed by atoms with van der Waals surface area (Å²) in [6.07, 6.45) is 0.448. The molecule has 0 spiro atoms. The molecule has 1 radical (unpaired) electrons. The minimum absolute atomic E-state index is 0.142. The molecular formula is C3H5ClNO. The van der Waals surface area contributed by atoms with Gasteiger partial charge in [-0.05, 0) is 0 Å². The van der Waals surface area contributed by atoms with Gasteiger partial charge in [0.15, 0.2) is 0 Å². The summed E-state index contributed by atoms with van der Waals surface area (Å²) in [5, 5.41) is 8.23.